The quantitative estimate of drug-likeness (QED) is 0.535. The molecule has 3 amide bonds. The Balaban J connectivity index is 2.12. The van der Waals surface area contributed by atoms with Crippen molar-refractivity contribution in [3.05, 3.63) is 0 Å². The molecule has 0 spiro atoms. The molecule has 0 saturated carbocycles. The Labute approximate surface area is 109 Å². The first-order chi connectivity index (χ1) is 8.58. The predicted octanol–water partition coefficient (Wildman–Crippen LogP) is -0.618. The molecular weight excluding hydrogens is 258 g/mol. The second kappa shape index (κ2) is 7.80. The summed E-state index contributed by atoms with van der Waals surface area (Å²) >= 11 is 1.86. The number of hydrogen-bond acceptors (Lipinski definition) is 4. The first-order valence-corrected chi connectivity index (χ1v) is 6.84. The zero-order valence-corrected chi connectivity index (χ0v) is 10.7. The van der Waals surface area contributed by atoms with Gasteiger partial charge < -0.3 is 21.1 Å². The third kappa shape index (κ3) is 6.33. The van der Waals surface area contributed by atoms with Gasteiger partial charge in [-0.15, -0.1) is 0 Å². The van der Waals surface area contributed by atoms with E-state index in [1.807, 2.05) is 11.8 Å². The van der Waals surface area contributed by atoms with Crippen molar-refractivity contribution in [1.82, 2.24) is 16.0 Å². The van der Waals surface area contributed by atoms with Crippen LogP contribution in [-0.2, 0) is 9.59 Å². The molecule has 0 atom stereocenters. The van der Waals surface area contributed by atoms with Gasteiger partial charge in [0.25, 0.3) is 0 Å². The van der Waals surface area contributed by atoms with E-state index in [2.05, 4.69) is 16.0 Å². The Kier molecular flexibility index (Phi) is 6.34. The molecule has 102 valence electrons. The fraction of sp³-hybridized carbons (Fsp3) is 0.700. The highest BCUT2D eigenvalue weighted by Gasteiger charge is 2.16. The monoisotopic (exact) mass is 275 g/mol. The summed E-state index contributed by atoms with van der Waals surface area (Å²) in [6, 6.07) is -0.231. The number of thioether (sulfide) groups is 1. The highest BCUT2D eigenvalue weighted by molar-refractivity contribution is 7.99. The van der Waals surface area contributed by atoms with E-state index in [1.54, 1.807) is 0 Å². The van der Waals surface area contributed by atoms with Gasteiger partial charge in [-0.25, -0.2) is 4.79 Å². The number of nitrogens with one attached hydrogen (secondary N) is 3. The molecule has 0 aromatic carbocycles. The van der Waals surface area contributed by atoms with Gasteiger partial charge >= 0.3 is 12.0 Å². The van der Waals surface area contributed by atoms with Crippen LogP contribution in [-0.4, -0.2) is 53.7 Å². The number of hydrogen-bond donors (Lipinski definition) is 4. The maximum absolute atomic E-state index is 11.4. The minimum Gasteiger partial charge on any atom is -0.480 e. The van der Waals surface area contributed by atoms with Crippen LogP contribution in [0.25, 0.3) is 0 Å². The van der Waals surface area contributed by atoms with Crippen molar-refractivity contribution in [3.8, 4) is 0 Å². The van der Waals surface area contributed by atoms with E-state index in [9.17, 15) is 14.4 Å². The molecule has 1 aliphatic rings. The Morgan fingerprint density at radius 2 is 1.78 bits per heavy atom. The zero-order chi connectivity index (χ0) is 13.4. The van der Waals surface area contributed by atoms with Crippen LogP contribution < -0.4 is 16.0 Å². The fourth-order valence-electron chi connectivity index (χ4n) is 1.48. The number of carboxylic acids is 1. The molecule has 0 radical (unpaired) electrons. The van der Waals surface area contributed by atoms with E-state index in [1.165, 1.54) is 0 Å². The van der Waals surface area contributed by atoms with Gasteiger partial charge in [-0.1, -0.05) is 0 Å². The molecule has 1 heterocycles. The van der Waals surface area contributed by atoms with E-state index >= 15 is 0 Å². The summed E-state index contributed by atoms with van der Waals surface area (Å²) in [5.41, 5.74) is 0. The number of carboxylic acid groups (broad SMARTS) is 1. The van der Waals surface area contributed by atoms with Crippen molar-refractivity contribution < 1.29 is 19.5 Å². The molecule has 1 saturated heterocycles. The molecule has 1 rings (SSSR count). The standard InChI is InChI=1S/C10H17N3O4S/c14-8(11-6-9(15)16)5-12-10(17)13-7-1-3-18-4-2-7/h7H,1-6H2,(H,11,14)(H,15,16)(H2,12,13,17). The van der Waals surface area contributed by atoms with Gasteiger partial charge in [0.05, 0.1) is 6.54 Å². The number of carbonyl (C=O) groups excluding carboxylic acids is 2. The highest BCUT2D eigenvalue weighted by Crippen LogP contribution is 2.16. The topological polar surface area (TPSA) is 108 Å². The average molecular weight is 275 g/mol. The van der Waals surface area contributed by atoms with Crippen molar-refractivity contribution in [2.45, 2.75) is 18.9 Å². The Morgan fingerprint density at radius 1 is 1.11 bits per heavy atom. The number of urea groups is 1. The molecule has 8 heteroatoms. The number of carbonyl (C=O) groups is 3. The van der Waals surface area contributed by atoms with E-state index in [0.717, 1.165) is 24.3 Å². The van der Waals surface area contributed by atoms with Crippen LogP contribution >= 0.6 is 11.8 Å². The van der Waals surface area contributed by atoms with Crippen molar-refractivity contribution in [2.75, 3.05) is 24.6 Å². The molecule has 0 bridgehead atoms. The molecule has 0 aromatic rings. The molecule has 0 unspecified atom stereocenters. The summed E-state index contributed by atoms with van der Waals surface area (Å²) in [4.78, 5) is 32.7. The summed E-state index contributed by atoms with van der Waals surface area (Å²) in [6.07, 6.45) is 1.87. The minimum atomic E-state index is -1.12. The van der Waals surface area contributed by atoms with Crippen LogP contribution in [0.3, 0.4) is 0 Å². The second-order valence-corrected chi connectivity index (χ2v) is 5.11. The largest absolute Gasteiger partial charge is 0.480 e. The normalized spacial score (nSPS) is 15.8. The fourth-order valence-corrected chi connectivity index (χ4v) is 2.58. The van der Waals surface area contributed by atoms with Crippen LogP contribution in [0.4, 0.5) is 4.79 Å². The Hall–Kier alpha value is -1.44. The second-order valence-electron chi connectivity index (χ2n) is 3.88. The Morgan fingerprint density at radius 3 is 2.39 bits per heavy atom. The van der Waals surface area contributed by atoms with Gasteiger partial charge in [0.15, 0.2) is 0 Å². The van der Waals surface area contributed by atoms with Crippen LogP contribution in [0.15, 0.2) is 0 Å². The van der Waals surface area contributed by atoms with Gasteiger partial charge in [0, 0.05) is 6.04 Å². The molecule has 18 heavy (non-hydrogen) atoms. The van der Waals surface area contributed by atoms with Gasteiger partial charge in [-0.2, -0.15) is 11.8 Å². The molecule has 7 nitrogen and oxygen atoms in total. The van der Waals surface area contributed by atoms with E-state index in [-0.39, 0.29) is 12.6 Å². The lowest BCUT2D eigenvalue weighted by Crippen LogP contribution is -2.47. The van der Waals surface area contributed by atoms with E-state index < -0.39 is 24.5 Å². The maximum Gasteiger partial charge on any atom is 0.322 e. The third-order valence-electron chi connectivity index (χ3n) is 2.40. The smallest absolute Gasteiger partial charge is 0.322 e. The number of rotatable bonds is 5. The van der Waals surface area contributed by atoms with E-state index in [4.69, 9.17) is 5.11 Å². The molecule has 1 aliphatic heterocycles. The SMILES string of the molecule is O=C(O)CNC(=O)CNC(=O)NC1CCSCC1. The summed E-state index contributed by atoms with van der Waals surface area (Å²) in [5, 5.41) is 15.7. The highest BCUT2D eigenvalue weighted by atomic mass is 32.2. The summed E-state index contributed by atoms with van der Waals surface area (Å²) in [6.45, 7) is -0.664. The van der Waals surface area contributed by atoms with Gasteiger partial charge in [-0.05, 0) is 24.3 Å². The summed E-state index contributed by atoms with van der Waals surface area (Å²) in [5.74, 6) is 0.424. The van der Waals surface area contributed by atoms with Crippen molar-refractivity contribution in [2.24, 2.45) is 0 Å². The van der Waals surface area contributed by atoms with Crippen molar-refractivity contribution in [3.63, 3.8) is 0 Å². The maximum atomic E-state index is 11.4. The summed E-state index contributed by atoms with van der Waals surface area (Å²) < 4.78 is 0. The summed E-state index contributed by atoms with van der Waals surface area (Å²) in [7, 11) is 0. The van der Waals surface area contributed by atoms with Gasteiger partial charge in [0.2, 0.25) is 5.91 Å². The van der Waals surface area contributed by atoms with Crippen LogP contribution in [0.2, 0.25) is 0 Å². The molecular formula is C10H17N3O4S. The lowest BCUT2D eigenvalue weighted by atomic mass is 10.2. The minimum absolute atomic E-state index is 0.160. The Bertz CT molecular complexity index is 318. The first kappa shape index (κ1) is 14.6. The van der Waals surface area contributed by atoms with Gasteiger partial charge in [0.1, 0.15) is 6.54 Å². The van der Waals surface area contributed by atoms with Crippen molar-refractivity contribution >= 4 is 29.7 Å². The molecule has 0 aromatic heterocycles. The van der Waals surface area contributed by atoms with Crippen molar-refractivity contribution in [1.29, 1.82) is 0 Å². The number of amides is 3. The van der Waals surface area contributed by atoms with Crippen LogP contribution in [0.1, 0.15) is 12.8 Å². The molecule has 0 aliphatic carbocycles. The molecule has 1 fully saturated rings. The van der Waals surface area contributed by atoms with Gasteiger partial charge in [-0.3, -0.25) is 9.59 Å². The first-order valence-electron chi connectivity index (χ1n) is 5.68. The van der Waals surface area contributed by atoms with E-state index in [0.29, 0.717) is 0 Å². The average Bonchev–Trinajstić information content (AvgIpc) is 2.35. The third-order valence-corrected chi connectivity index (χ3v) is 3.45. The lowest BCUT2D eigenvalue weighted by molar-refractivity contribution is -0.137. The lowest BCUT2D eigenvalue weighted by Gasteiger charge is -2.22. The number of aliphatic carboxylic acids is 1. The van der Waals surface area contributed by atoms with Crippen LogP contribution in [0, 0.1) is 0 Å². The predicted molar refractivity (Wildman–Crippen MR) is 67.5 cm³/mol. The molecule has 4 N–H and O–H groups in total. The van der Waals surface area contributed by atoms with Crippen LogP contribution in [0.5, 0.6) is 0 Å². The zero-order valence-electron chi connectivity index (χ0n) is 9.90.